The normalized spacial score (nSPS) is 15.5. The minimum Gasteiger partial charge on any atom is -0.487 e. The highest BCUT2D eigenvalue weighted by Gasteiger charge is 2.37. The molecule has 0 amide bonds. The van der Waals surface area contributed by atoms with Crippen LogP contribution in [0.5, 0.6) is 5.75 Å². The molecule has 1 fully saturated rings. The van der Waals surface area contributed by atoms with E-state index in [0.29, 0.717) is 44.0 Å². The van der Waals surface area contributed by atoms with Gasteiger partial charge in [-0.25, -0.2) is 9.37 Å². The number of benzene rings is 2. The summed E-state index contributed by atoms with van der Waals surface area (Å²) in [5.74, 6) is -1.37. The van der Waals surface area contributed by atoms with Crippen molar-refractivity contribution < 1.29 is 40.3 Å². The number of carbonyl (C=O) groups is 1. The molecule has 0 radical (unpaired) electrons. The quantitative estimate of drug-likeness (QED) is 0.277. The molecule has 13 heteroatoms. The Labute approximate surface area is 222 Å². The average Bonchev–Trinajstić information content (AvgIpc) is 3.49. The van der Waals surface area contributed by atoms with E-state index >= 15 is 4.39 Å². The summed E-state index contributed by atoms with van der Waals surface area (Å²) in [7, 11) is 0. The first kappa shape index (κ1) is 26.1. The number of piperazine rings is 1. The summed E-state index contributed by atoms with van der Waals surface area (Å²) >= 11 is 0. The second-order valence-corrected chi connectivity index (χ2v) is 9.49. The third kappa shape index (κ3) is 4.43. The number of ether oxygens (including phenoxy) is 1. The lowest BCUT2D eigenvalue weighted by atomic mass is 10.0. The lowest BCUT2D eigenvalue weighted by Gasteiger charge is -2.30. The van der Waals surface area contributed by atoms with Crippen molar-refractivity contribution in [1.29, 1.82) is 0 Å². The van der Waals surface area contributed by atoms with E-state index in [1.165, 1.54) is 16.8 Å². The second-order valence-electron chi connectivity index (χ2n) is 9.49. The summed E-state index contributed by atoms with van der Waals surface area (Å²) in [5.41, 5.74) is -2.29. The van der Waals surface area contributed by atoms with Crippen LogP contribution in [0.2, 0.25) is 0 Å². The Kier molecular flexibility index (Phi) is 6.02. The number of pyridine rings is 1. The zero-order valence-corrected chi connectivity index (χ0v) is 20.5. The van der Waals surface area contributed by atoms with Crippen LogP contribution in [0.15, 0.2) is 48.7 Å². The summed E-state index contributed by atoms with van der Waals surface area (Å²) in [5, 5.41) is 3.24. The Morgan fingerprint density at radius 1 is 0.950 bits per heavy atom. The molecule has 4 heterocycles. The first-order chi connectivity index (χ1) is 18.9. The topological polar surface area (TPSA) is 59.4 Å². The number of alkyl halides is 6. The van der Waals surface area contributed by atoms with Gasteiger partial charge in [0.2, 0.25) is 0 Å². The molecule has 2 aromatic heterocycles. The van der Waals surface area contributed by atoms with Gasteiger partial charge in [0, 0.05) is 37.8 Å². The van der Waals surface area contributed by atoms with Crippen LogP contribution in [0.3, 0.4) is 0 Å². The number of carbonyl (C=O) groups excluding carboxylic acids is 1. The molecule has 40 heavy (non-hydrogen) atoms. The Hall–Kier alpha value is -4.13. The van der Waals surface area contributed by atoms with Crippen molar-refractivity contribution in [2.24, 2.45) is 0 Å². The van der Waals surface area contributed by atoms with E-state index in [0.717, 1.165) is 6.07 Å². The van der Waals surface area contributed by atoms with Crippen molar-refractivity contribution >= 4 is 22.5 Å². The molecule has 2 aliphatic heterocycles. The summed E-state index contributed by atoms with van der Waals surface area (Å²) in [6.07, 6.45) is -8.59. The van der Waals surface area contributed by atoms with Crippen LogP contribution in [0.25, 0.3) is 22.3 Å². The van der Waals surface area contributed by atoms with Gasteiger partial charge in [-0.3, -0.25) is 9.36 Å². The largest absolute Gasteiger partial charge is 0.487 e. The fourth-order valence-electron chi connectivity index (χ4n) is 5.06. The van der Waals surface area contributed by atoms with Gasteiger partial charge in [-0.1, -0.05) is 0 Å². The molecule has 6 rings (SSSR count). The maximum atomic E-state index is 15.4. The van der Waals surface area contributed by atoms with Gasteiger partial charge < -0.3 is 15.0 Å². The van der Waals surface area contributed by atoms with E-state index in [1.54, 1.807) is 12.1 Å². The van der Waals surface area contributed by atoms with Crippen LogP contribution in [0, 0.1) is 5.82 Å². The highest BCUT2D eigenvalue weighted by Crippen LogP contribution is 2.43. The van der Waals surface area contributed by atoms with E-state index in [1.807, 2.05) is 4.90 Å². The number of fused-ring (bicyclic) bond motifs is 4. The first-order valence-electron chi connectivity index (χ1n) is 12.2. The van der Waals surface area contributed by atoms with Gasteiger partial charge >= 0.3 is 12.4 Å². The lowest BCUT2D eigenvalue weighted by Crippen LogP contribution is -2.43. The molecule has 208 valence electrons. The second kappa shape index (κ2) is 9.22. The maximum Gasteiger partial charge on any atom is 0.416 e. The highest BCUT2D eigenvalue weighted by molar-refractivity contribution is 6.14. The van der Waals surface area contributed by atoms with Crippen LogP contribution in [-0.2, 0) is 19.0 Å². The third-order valence-corrected chi connectivity index (χ3v) is 6.92. The van der Waals surface area contributed by atoms with Crippen LogP contribution in [-0.4, -0.2) is 41.6 Å². The molecule has 4 aromatic rings. The van der Waals surface area contributed by atoms with Gasteiger partial charge in [0.15, 0.2) is 0 Å². The molecule has 1 N–H and O–H groups in total. The Morgan fingerprint density at radius 2 is 1.62 bits per heavy atom. The van der Waals surface area contributed by atoms with Crippen molar-refractivity contribution in [3.8, 4) is 17.1 Å². The monoisotopic (exact) mass is 564 g/mol. The van der Waals surface area contributed by atoms with Crippen molar-refractivity contribution in [2.45, 2.75) is 19.0 Å². The number of hydrogen-bond acceptors (Lipinski definition) is 5. The number of anilines is 1. The maximum absolute atomic E-state index is 15.4. The highest BCUT2D eigenvalue weighted by atomic mass is 19.4. The smallest absolute Gasteiger partial charge is 0.416 e. The van der Waals surface area contributed by atoms with Gasteiger partial charge in [0.25, 0.3) is 5.91 Å². The zero-order chi connectivity index (χ0) is 28.4. The fourth-order valence-corrected chi connectivity index (χ4v) is 5.06. The Balaban J connectivity index is 1.48. The third-order valence-electron chi connectivity index (χ3n) is 6.92. The number of halogens is 7. The zero-order valence-electron chi connectivity index (χ0n) is 20.5. The van der Waals surface area contributed by atoms with Crippen molar-refractivity contribution in [1.82, 2.24) is 14.9 Å². The molecular formula is C27H19F7N4O2. The van der Waals surface area contributed by atoms with Gasteiger partial charge in [0.1, 0.15) is 29.4 Å². The minimum atomic E-state index is -5.04. The molecule has 0 spiro atoms. The fraction of sp³-hybridized carbons (Fsp3) is 0.259. The molecule has 0 saturated carbocycles. The number of rotatable bonds is 4. The molecule has 0 unspecified atom stereocenters. The SMILES string of the molecule is O=C1c2c(nc3cc(N4CCNCC4)c(F)cc3c2OCc2cc(C(F)(F)F)cc(C(F)(F)F)c2)-c2cccn21. The predicted octanol–water partition coefficient (Wildman–Crippen LogP) is 5.87. The standard InChI is InChI=1S/C27H19F7N4O2/c28-18-11-17-19(12-21(18)37-6-3-35-4-7-37)36-23-20-2-1-5-38(20)25(39)22(23)24(17)40-13-14-8-15(26(29,30)31)10-16(9-14)27(32,33)34/h1-2,5,8-12,35H,3-4,6-7,13H2. The van der Waals surface area contributed by atoms with Gasteiger partial charge in [-0.05, 0) is 48.0 Å². The molecule has 2 aliphatic rings. The van der Waals surface area contributed by atoms with E-state index in [4.69, 9.17) is 4.74 Å². The van der Waals surface area contributed by atoms with Crippen molar-refractivity contribution in [3.63, 3.8) is 0 Å². The van der Waals surface area contributed by atoms with Gasteiger partial charge in [0.05, 0.1) is 28.0 Å². The molecule has 1 saturated heterocycles. The molecule has 2 aromatic carbocycles. The molecular weight excluding hydrogens is 545 g/mol. The predicted molar refractivity (Wildman–Crippen MR) is 131 cm³/mol. The minimum absolute atomic E-state index is 0.0207. The van der Waals surface area contributed by atoms with Gasteiger partial charge in [-0.15, -0.1) is 0 Å². The number of nitrogens with zero attached hydrogens (tertiary/aromatic N) is 3. The number of aromatic nitrogens is 2. The van der Waals surface area contributed by atoms with Crippen molar-refractivity contribution in [3.05, 3.63) is 76.7 Å². The Bertz CT molecular complexity index is 1620. The van der Waals surface area contributed by atoms with E-state index in [-0.39, 0.29) is 39.7 Å². The van der Waals surface area contributed by atoms with Crippen molar-refractivity contribution in [2.75, 3.05) is 31.1 Å². The molecule has 0 aliphatic carbocycles. The van der Waals surface area contributed by atoms with Crippen LogP contribution in [0.4, 0.5) is 36.4 Å². The molecule has 0 atom stereocenters. The summed E-state index contributed by atoms with van der Waals surface area (Å²) in [6, 6.07) is 7.01. The number of nitrogens with one attached hydrogen (secondary N) is 1. The van der Waals surface area contributed by atoms with E-state index < -0.39 is 47.4 Å². The summed E-state index contributed by atoms with van der Waals surface area (Å²) < 4.78 is 103. The van der Waals surface area contributed by atoms with Crippen LogP contribution in [0.1, 0.15) is 27.0 Å². The Morgan fingerprint density at radius 3 is 2.27 bits per heavy atom. The van der Waals surface area contributed by atoms with Gasteiger partial charge in [-0.2, -0.15) is 26.3 Å². The lowest BCUT2D eigenvalue weighted by molar-refractivity contribution is -0.143. The molecule has 0 bridgehead atoms. The van der Waals surface area contributed by atoms with E-state index in [9.17, 15) is 31.1 Å². The van der Waals surface area contributed by atoms with Crippen LogP contribution < -0.4 is 15.0 Å². The average molecular weight is 564 g/mol. The number of hydrogen-bond donors (Lipinski definition) is 1. The molecule has 6 nitrogen and oxygen atoms in total. The summed E-state index contributed by atoms with van der Waals surface area (Å²) in [4.78, 5) is 19.7. The first-order valence-corrected chi connectivity index (χ1v) is 12.2. The van der Waals surface area contributed by atoms with Crippen LogP contribution >= 0.6 is 0 Å². The summed E-state index contributed by atoms with van der Waals surface area (Å²) in [6.45, 7) is 1.61. The van der Waals surface area contributed by atoms with E-state index in [2.05, 4.69) is 10.3 Å².